The number of aliphatic hydroxyl groups is 3. The first kappa shape index (κ1) is 14.4. The van der Waals surface area contributed by atoms with Gasteiger partial charge in [0.25, 0.3) is 0 Å². The summed E-state index contributed by atoms with van der Waals surface area (Å²) in [6.07, 6.45) is -4.49. The molecule has 0 aliphatic carbocycles. The second kappa shape index (κ2) is 5.05. The Bertz CT molecular complexity index is 797. The van der Waals surface area contributed by atoms with Crippen molar-refractivity contribution in [2.45, 2.75) is 24.5 Å². The quantitative estimate of drug-likeness (QED) is 0.309. The fraction of sp³-hybridized carbons (Fsp3) is 0.500. The number of nitrogens with two attached hydrogens (primary N) is 1. The SMILES string of the molecule is Nc1nc2c([nH]c(=[Se])n2[C@@H]2O[C@H](CO)[C@@H](O)[C@H]2O)c(=O)[nH]1. The standard InChI is InChI=1S/C10H13N5O5Se/c11-9-13-6-3(7(19)14-9)12-10(21)15(6)8-5(18)4(17)2(1-16)20-8/h2,4-5,8,16-18H,1H2,(H,12,21)(H3,11,13,14,19)/t2-,4-,5-,8-/m1/s1. The van der Waals surface area contributed by atoms with Crippen molar-refractivity contribution in [1.82, 2.24) is 19.5 Å². The van der Waals surface area contributed by atoms with Crippen LogP contribution in [-0.2, 0) is 4.74 Å². The molecule has 1 saturated heterocycles. The molecule has 11 heteroatoms. The molecule has 0 radical (unpaired) electrons. The van der Waals surface area contributed by atoms with Crippen LogP contribution in [-0.4, -0.2) is 75.3 Å². The van der Waals surface area contributed by atoms with E-state index in [0.717, 1.165) is 0 Å². The third-order valence-corrected chi connectivity index (χ3v) is 4.00. The number of fused-ring (bicyclic) bond motifs is 1. The summed E-state index contributed by atoms with van der Waals surface area (Å²) in [5, 5.41) is 29.0. The van der Waals surface area contributed by atoms with Crippen LogP contribution in [0.4, 0.5) is 5.95 Å². The summed E-state index contributed by atoms with van der Waals surface area (Å²) in [5.74, 6) is -0.0907. The van der Waals surface area contributed by atoms with Gasteiger partial charge < -0.3 is 0 Å². The third-order valence-electron chi connectivity index (χ3n) is 3.37. The number of hydrogen-bond acceptors (Lipinski definition) is 7. The van der Waals surface area contributed by atoms with E-state index in [1.54, 1.807) is 0 Å². The Kier molecular flexibility index (Phi) is 3.48. The number of aliphatic hydroxyl groups excluding tert-OH is 3. The van der Waals surface area contributed by atoms with Crippen LogP contribution < -0.4 is 11.3 Å². The van der Waals surface area contributed by atoms with Crippen molar-refractivity contribution in [2.75, 3.05) is 12.3 Å². The number of aromatic nitrogens is 4. The van der Waals surface area contributed by atoms with Gasteiger partial charge in [-0.25, -0.2) is 0 Å². The van der Waals surface area contributed by atoms with E-state index in [2.05, 4.69) is 30.5 Å². The van der Waals surface area contributed by atoms with Crippen molar-refractivity contribution in [1.29, 1.82) is 0 Å². The molecule has 4 atom stereocenters. The van der Waals surface area contributed by atoms with Crippen LogP contribution in [0.5, 0.6) is 0 Å². The fourth-order valence-electron chi connectivity index (χ4n) is 2.36. The predicted molar refractivity (Wildman–Crippen MR) is 71.1 cm³/mol. The van der Waals surface area contributed by atoms with Crippen LogP contribution >= 0.6 is 0 Å². The summed E-state index contributed by atoms with van der Waals surface area (Å²) in [6.45, 7) is -0.448. The summed E-state index contributed by atoms with van der Waals surface area (Å²) in [4.78, 5) is 21.0. The van der Waals surface area contributed by atoms with E-state index in [-0.39, 0.29) is 17.1 Å². The number of hydrogen-bond donors (Lipinski definition) is 6. The molecular weight excluding hydrogens is 349 g/mol. The molecule has 0 saturated carbocycles. The molecule has 0 bridgehead atoms. The Morgan fingerprint density at radius 1 is 1.38 bits per heavy atom. The first-order valence-electron chi connectivity index (χ1n) is 6.06. The zero-order chi connectivity index (χ0) is 15.3. The molecule has 21 heavy (non-hydrogen) atoms. The van der Waals surface area contributed by atoms with E-state index >= 15 is 0 Å². The van der Waals surface area contributed by atoms with Gasteiger partial charge in [-0.15, -0.1) is 0 Å². The number of nitrogens with zero attached hydrogens (tertiary/aromatic N) is 2. The molecule has 7 N–H and O–H groups in total. The minimum atomic E-state index is -1.29. The molecule has 0 amide bonds. The maximum absolute atomic E-state index is 11.8. The van der Waals surface area contributed by atoms with Gasteiger partial charge in [0, 0.05) is 0 Å². The summed E-state index contributed by atoms with van der Waals surface area (Å²) >= 11 is 2.69. The molecule has 3 heterocycles. The number of anilines is 1. The van der Waals surface area contributed by atoms with E-state index in [9.17, 15) is 15.0 Å². The Morgan fingerprint density at radius 3 is 2.71 bits per heavy atom. The van der Waals surface area contributed by atoms with E-state index in [1.807, 2.05) is 0 Å². The molecule has 0 aromatic carbocycles. The Balaban J connectivity index is 2.20. The van der Waals surface area contributed by atoms with Gasteiger partial charge in [0.05, 0.1) is 0 Å². The number of nitrogen functional groups attached to an aromatic ring is 1. The molecule has 3 rings (SSSR count). The summed E-state index contributed by atoms with van der Waals surface area (Å²) in [5.41, 5.74) is 5.36. The Labute approximate surface area is 124 Å². The van der Waals surface area contributed by atoms with Gasteiger partial charge in [-0.1, -0.05) is 0 Å². The Morgan fingerprint density at radius 2 is 2.10 bits per heavy atom. The number of rotatable bonds is 2. The van der Waals surface area contributed by atoms with Crippen LogP contribution in [0.25, 0.3) is 11.2 Å². The van der Waals surface area contributed by atoms with Gasteiger partial charge in [0.15, 0.2) is 0 Å². The van der Waals surface area contributed by atoms with Crippen molar-refractivity contribution in [3.63, 3.8) is 0 Å². The summed E-state index contributed by atoms with van der Waals surface area (Å²) < 4.78 is 7.17. The molecule has 1 fully saturated rings. The average Bonchev–Trinajstić information content (AvgIpc) is 2.89. The van der Waals surface area contributed by atoms with Gasteiger partial charge >= 0.3 is 124 Å². The molecule has 10 nitrogen and oxygen atoms in total. The second-order valence-corrected chi connectivity index (χ2v) is 5.49. The first-order valence-corrected chi connectivity index (χ1v) is 6.92. The van der Waals surface area contributed by atoms with Gasteiger partial charge in [-0.3, -0.25) is 0 Å². The molecule has 0 unspecified atom stereocenters. The van der Waals surface area contributed by atoms with E-state index < -0.39 is 36.7 Å². The zero-order valence-electron chi connectivity index (χ0n) is 10.6. The first-order chi connectivity index (χ1) is 9.93. The van der Waals surface area contributed by atoms with Crippen LogP contribution in [0.2, 0.25) is 0 Å². The normalized spacial score (nSPS) is 29.3. The molecule has 0 spiro atoms. The average molecular weight is 362 g/mol. The molecule has 2 aromatic rings. The van der Waals surface area contributed by atoms with E-state index in [1.165, 1.54) is 4.57 Å². The number of imidazole rings is 1. The third kappa shape index (κ3) is 2.14. The van der Waals surface area contributed by atoms with E-state index in [4.69, 9.17) is 15.6 Å². The zero-order valence-corrected chi connectivity index (χ0v) is 12.3. The minimum absolute atomic E-state index is 0.0907. The number of ether oxygens (including phenoxy) is 1. The van der Waals surface area contributed by atoms with Crippen LogP contribution in [0.15, 0.2) is 4.79 Å². The summed E-state index contributed by atoms with van der Waals surface area (Å²) in [6, 6.07) is 0. The van der Waals surface area contributed by atoms with Gasteiger partial charge in [-0.05, 0) is 0 Å². The monoisotopic (exact) mass is 363 g/mol. The molecule has 1 aliphatic rings. The number of aromatic amines is 2. The second-order valence-electron chi connectivity index (χ2n) is 4.68. The van der Waals surface area contributed by atoms with Crippen molar-refractivity contribution in [2.24, 2.45) is 0 Å². The molecule has 2 aromatic heterocycles. The van der Waals surface area contributed by atoms with Gasteiger partial charge in [-0.2, -0.15) is 0 Å². The molecule has 1 aliphatic heterocycles. The van der Waals surface area contributed by atoms with Crippen molar-refractivity contribution in [3.05, 3.63) is 14.7 Å². The maximum atomic E-state index is 11.8. The predicted octanol–water partition coefficient (Wildman–Crippen LogP) is -3.05. The van der Waals surface area contributed by atoms with Crippen molar-refractivity contribution < 1.29 is 20.1 Å². The van der Waals surface area contributed by atoms with Gasteiger partial charge in [0.2, 0.25) is 0 Å². The summed E-state index contributed by atoms with van der Waals surface area (Å²) in [7, 11) is 0. The van der Waals surface area contributed by atoms with Crippen LogP contribution in [0.1, 0.15) is 6.23 Å². The van der Waals surface area contributed by atoms with Crippen LogP contribution in [0.3, 0.4) is 0 Å². The van der Waals surface area contributed by atoms with Gasteiger partial charge in [0.1, 0.15) is 0 Å². The van der Waals surface area contributed by atoms with Crippen molar-refractivity contribution in [3.8, 4) is 0 Å². The molecular formula is C10H13N5O5Se. The Hall–Kier alpha value is -1.49. The topological polar surface area (TPSA) is 162 Å². The molecule has 114 valence electrons. The number of H-pyrrole nitrogens is 2. The van der Waals surface area contributed by atoms with E-state index in [0.29, 0.717) is 4.32 Å². The van der Waals surface area contributed by atoms with Crippen LogP contribution in [0, 0.1) is 4.32 Å². The van der Waals surface area contributed by atoms with Crippen molar-refractivity contribution >= 4 is 32.7 Å². The number of nitrogens with one attached hydrogen (secondary N) is 2. The fourth-order valence-corrected chi connectivity index (χ4v) is 2.97.